The molecule has 21 heteroatoms. The second-order valence-corrected chi connectivity index (χ2v) is 17.9. The van der Waals surface area contributed by atoms with Crippen LogP contribution in [0.1, 0.15) is 83.1 Å². The third kappa shape index (κ3) is 15.0. The van der Waals surface area contributed by atoms with Crippen molar-refractivity contribution in [3.05, 3.63) is 54.6 Å². The normalized spacial score (nSPS) is 18.0. The molecule has 6 atom stereocenters. The summed E-state index contributed by atoms with van der Waals surface area (Å²) in [5.41, 5.74) is -0.390. The lowest BCUT2D eigenvalue weighted by molar-refractivity contribution is -0.141. The average Bonchev–Trinajstić information content (AvgIpc) is 3.72. The average molecular weight is 920 g/mol. The molecular formula is C45H65N11O10. The Morgan fingerprint density at radius 3 is 2.17 bits per heavy atom. The van der Waals surface area contributed by atoms with Crippen LogP contribution in [0.4, 0.5) is 10.5 Å². The molecule has 360 valence electrons. The zero-order valence-corrected chi connectivity index (χ0v) is 38.8. The SMILES string of the molecule is CCC[C@H](NC(=O)[C@@H]1CN(C(=O)Nc2ccccc2)C[C@@H]1NC(=O)[C@@H](NC(=O)[C@@H](NC(=O)c1cnccn1)C1CCCCC1)C(C)(C)C)C(=O)C(=O)NCC(=O)N[C@@H](COC)C(=O)N(C)C. The Kier molecular flexibility index (Phi) is 19.5. The maximum atomic E-state index is 14.4. The number of Topliss-reactive ketones (excluding diaryl/α,β-unsaturated/α-hetero) is 1. The van der Waals surface area contributed by atoms with Gasteiger partial charge in [-0.2, -0.15) is 0 Å². The van der Waals surface area contributed by atoms with Crippen molar-refractivity contribution in [2.24, 2.45) is 17.3 Å². The van der Waals surface area contributed by atoms with E-state index < -0.39 is 101 Å². The fourth-order valence-corrected chi connectivity index (χ4v) is 7.92. The number of hydrogen-bond donors (Lipinski definition) is 7. The summed E-state index contributed by atoms with van der Waals surface area (Å²) in [6, 6.07) is 2.43. The molecule has 0 spiro atoms. The van der Waals surface area contributed by atoms with Crippen LogP contribution in [-0.2, 0) is 38.3 Å². The van der Waals surface area contributed by atoms with E-state index in [1.807, 2.05) is 0 Å². The first-order chi connectivity index (χ1) is 31.3. The summed E-state index contributed by atoms with van der Waals surface area (Å²) in [6.45, 7) is 5.86. The van der Waals surface area contributed by atoms with E-state index in [0.717, 1.165) is 19.3 Å². The topological polar surface area (TPSA) is 279 Å². The highest BCUT2D eigenvalue weighted by Gasteiger charge is 2.45. The Bertz CT molecular complexity index is 2030. The number of amides is 9. The van der Waals surface area contributed by atoms with E-state index in [4.69, 9.17) is 4.74 Å². The molecule has 21 nitrogen and oxygen atoms in total. The molecule has 0 bridgehead atoms. The van der Waals surface area contributed by atoms with Gasteiger partial charge in [0.1, 0.15) is 23.8 Å². The van der Waals surface area contributed by atoms with Gasteiger partial charge in [-0.25, -0.2) is 9.78 Å². The van der Waals surface area contributed by atoms with Gasteiger partial charge in [0.05, 0.1) is 37.4 Å². The molecular weight excluding hydrogens is 855 g/mol. The highest BCUT2D eigenvalue weighted by Crippen LogP contribution is 2.28. The van der Waals surface area contributed by atoms with Crippen LogP contribution in [0.2, 0.25) is 0 Å². The number of ether oxygens (including phenoxy) is 1. The number of nitrogens with zero attached hydrogens (tertiary/aromatic N) is 4. The fraction of sp³-hybridized carbons (Fsp3) is 0.578. The van der Waals surface area contributed by atoms with E-state index in [1.165, 1.54) is 49.6 Å². The molecule has 2 aliphatic rings. The minimum absolute atomic E-state index is 0.0276. The minimum Gasteiger partial charge on any atom is -0.382 e. The Balaban J connectivity index is 1.53. The zero-order valence-electron chi connectivity index (χ0n) is 38.8. The molecule has 1 aromatic carbocycles. The van der Waals surface area contributed by atoms with Gasteiger partial charge in [-0.15, -0.1) is 0 Å². The van der Waals surface area contributed by atoms with Crippen LogP contribution in [0, 0.1) is 17.3 Å². The molecule has 7 N–H and O–H groups in total. The molecule has 66 heavy (non-hydrogen) atoms. The molecule has 1 saturated heterocycles. The number of carbonyl (C=O) groups is 9. The van der Waals surface area contributed by atoms with E-state index in [0.29, 0.717) is 24.9 Å². The van der Waals surface area contributed by atoms with Gasteiger partial charge in [-0.1, -0.05) is 71.6 Å². The van der Waals surface area contributed by atoms with Gasteiger partial charge in [-0.3, -0.25) is 43.3 Å². The van der Waals surface area contributed by atoms with Crippen LogP contribution in [-0.4, -0.2) is 151 Å². The monoisotopic (exact) mass is 919 g/mol. The molecule has 0 radical (unpaired) electrons. The molecule has 1 aromatic heterocycles. The number of benzene rings is 1. The van der Waals surface area contributed by atoms with Crippen LogP contribution >= 0.6 is 0 Å². The summed E-state index contributed by atoms with van der Waals surface area (Å²) in [7, 11) is 4.36. The van der Waals surface area contributed by atoms with Gasteiger partial charge < -0.3 is 51.8 Å². The first-order valence-corrected chi connectivity index (χ1v) is 22.2. The van der Waals surface area contributed by atoms with Gasteiger partial charge in [0, 0.05) is 52.4 Å². The number of rotatable bonds is 20. The highest BCUT2D eigenvalue weighted by molar-refractivity contribution is 6.38. The van der Waals surface area contributed by atoms with Crippen LogP contribution in [0.5, 0.6) is 0 Å². The molecule has 1 aliphatic heterocycles. The molecule has 1 saturated carbocycles. The van der Waals surface area contributed by atoms with Gasteiger partial charge in [-0.05, 0) is 42.7 Å². The fourth-order valence-electron chi connectivity index (χ4n) is 7.92. The van der Waals surface area contributed by atoms with Gasteiger partial charge >= 0.3 is 6.03 Å². The second-order valence-electron chi connectivity index (χ2n) is 17.9. The number of aromatic nitrogens is 2. The Morgan fingerprint density at radius 1 is 0.864 bits per heavy atom. The maximum absolute atomic E-state index is 14.4. The number of hydrogen-bond acceptors (Lipinski definition) is 12. The summed E-state index contributed by atoms with van der Waals surface area (Å²) in [4.78, 5) is 132. The number of anilines is 1. The molecule has 0 unspecified atom stereocenters. The number of likely N-dealkylation sites (N-methyl/N-ethyl adjacent to an activating group) is 1. The first-order valence-electron chi connectivity index (χ1n) is 22.2. The van der Waals surface area contributed by atoms with Gasteiger partial charge in [0.15, 0.2) is 0 Å². The van der Waals surface area contributed by atoms with E-state index in [1.54, 1.807) is 58.0 Å². The standard InChI is InChI=1S/C45H65N11O10/c1-8-15-30(36(58)41(62)48-23-34(57)50-33(26-66-7)43(64)55(5)6)51-38(59)29-24-56(44(65)49-28-18-13-10-14-19-28)25-32(29)52-42(63)37(45(2,3)4)54-40(61)35(27-16-11-9-12-17-27)53-39(60)31-22-46-20-21-47-31/h10,13-14,18-22,27,29-30,32-33,35,37H,8-9,11-12,15-17,23-26H2,1-7H3,(H,48,62)(H,49,65)(H,50,57)(H,51,59)(H,52,63)(H,53,60)(H,54,61)/t29-,30+,32+,33+,35+,37-/m1/s1. The first kappa shape index (κ1) is 52.1. The summed E-state index contributed by atoms with van der Waals surface area (Å²) in [5, 5.41) is 18.7. The third-order valence-electron chi connectivity index (χ3n) is 11.4. The number of para-hydroxylation sites is 1. The number of methoxy groups -OCH3 is 1. The molecule has 2 aromatic rings. The summed E-state index contributed by atoms with van der Waals surface area (Å²) in [5.74, 6) is -7.32. The van der Waals surface area contributed by atoms with Crippen LogP contribution in [0.25, 0.3) is 0 Å². The van der Waals surface area contributed by atoms with Crippen molar-refractivity contribution in [1.82, 2.24) is 51.7 Å². The zero-order chi connectivity index (χ0) is 48.6. The summed E-state index contributed by atoms with van der Waals surface area (Å²) < 4.78 is 5.02. The molecule has 9 amide bonds. The van der Waals surface area contributed by atoms with Crippen LogP contribution < -0.4 is 37.2 Å². The minimum atomic E-state index is -1.35. The smallest absolute Gasteiger partial charge is 0.321 e. The molecule has 4 rings (SSSR count). The molecule has 2 heterocycles. The summed E-state index contributed by atoms with van der Waals surface area (Å²) in [6.07, 6.45) is 8.55. The number of carbonyl (C=O) groups excluding carboxylic acids is 9. The maximum Gasteiger partial charge on any atom is 0.321 e. The lowest BCUT2D eigenvalue weighted by atomic mass is 9.82. The van der Waals surface area contributed by atoms with Gasteiger partial charge in [0.2, 0.25) is 35.3 Å². The van der Waals surface area contributed by atoms with Crippen LogP contribution in [0.15, 0.2) is 48.9 Å². The van der Waals surface area contributed by atoms with E-state index >= 15 is 0 Å². The lowest BCUT2D eigenvalue weighted by Gasteiger charge is -2.35. The number of ketones is 1. The predicted octanol–water partition coefficient (Wildman–Crippen LogP) is 0.525. The van der Waals surface area contributed by atoms with Crippen molar-refractivity contribution in [2.75, 3.05) is 52.8 Å². The summed E-state index contributed by atoms with van der Waals surface area (Å²) >= 11 is 0. The van der Waals surface area contributed by atoms with Crippen molar-refractivity contribution < 1.29 is 47.9 Å². The Hall–Kier alpha value is -6.51. The van der Waals surface area contributed by atoms with Crippen molar-refractivity contribution in [2.45, 2.75) is 103 Å². The van der Waals surface area contributed by atoms with E-state index in [9.17, 15) is 43.2 Å². The largest absolute Gasteiger partial charge is 0.382 e. The van der Waals surface area contributed by atoms with E-state index in [2.05, 4.69) is 47.2 Å². The van der Waals surface area contributed by atoms with Gasteiger partial charge in [0.25, 0.3) is 11.8 Å². The lowest BCUT2D eigenvalue weighted by Crippen LogP contribution is -2.61. The van der Waals surface area contributed by atoms with E-state index in [-0.39, 0.29) is 37.7 Å². The number of likely N-dealkylation sites (tertiary alicyclic amines) is 1. The second kappa shape index (κ2) is 24.7. The van der Waals surface area contributed by atoms with Crippen molar-refractivity contribution >= 4 is 58.9 Å². The number of nitrogens with one attached hydrogen (secondary N) is 7. The van der Waals surface area contributed by atoms with Crippen LogP contribution in [0.3, 0.4) is 0 Å². The van der Waals surface area contributed by atoms with Crippen molar-refractivity contribution in [3.63, 3.8) is 0 Å². The quantitative estimate of drug-likeness (QED) is 0.0897. The Labute approximate surface area is 385 Å². The third-order valence-corrected chi connectivity index (χ3v) is 11.4. The number of urea groups is 1. The molecule has 2 fully saturated rings. The van der Waals surface area contributed by atoms with Crippen molar-refractivity contribution in [1.29, 1.82) is 0 Å². The Morgan fingerprint density at radius 2 is 1.56 bits per heavy atom. The van der Waals surface area contributed by atoms with Crippen molar-refractivity contribution in [3.8, 4) is 0 Å². The highest BCUT2D eigenvalue weighted by atomic mass is 16.5. The predicted molar refractivity (Wildman–Crippen MR) is 241 cm³/mol. The molecule has 1 aliphatic carbocycles.